The molecule has 0 bridgehead atoms. The molecule has 2 aliphatic heterocycles. The number of carboxylic acids is 1. The summed E-state index contributed by atoms with van der Waals surface area (Å²) < 4.78 is 5.16. The Morgan fingerprint density at radius 3 is 2.47 bits per heavy atom. The van der Waals surface area contributed by atoms with Gasteiger partial charge in [-0.25, -0.2) is 9.59 Å². The van der Waals surface area contributed by atoms with Gasteiger partial charge >= 0.3 is 12.1 Å². The Morgan fingerprint density at radius 2 is 1.74 bits per heavy atom. The fourth-order valence-electron chi connectivity index (χ4n) is 4.50. The maximum atomic E-state index is 13.1. The van der Waals surface area contributed by atoms with Crippen LogP contribution in [0.3, 0.4) is 0 Å². The highest BCUT2D eigenvalue weighted by atomic mass is 33.1. The average molecular weight is 629 g/mol. The number of ether oxygens (including phenoxy) is 1. The van der Waals surface area contributed by atoms with Crippen LogP contribution in [0.5, 0.6) is 0 Å². The van der Waals surface area contributed by atoms with Gasteiger partial charge in [0.2, 0.25) is 17.7 Å². The maximum Gasteiger partial charge on any atom is 0.411 e. The van der Waals surface area contributed by atoms with E-state index in [1.165, 1.54) is 39.8 Å². The van der Waals surface area contributed by atoms with Crippen molar-refractivity contribution in [2.24, 2.45) is 0 Å². The van der Waals surface area contributed by atoms with E-state index in [1.807, 2.05) is 6.07 Å². The van der Waals surface area contributed by atoms with Gasteiger partial charge in [0.15, 0.2) is 0 Å². The predicted octanol–water partition coefficient (Wildman–Crippen LogP) is 2.22. The summed E-state index contributed by atoms with van der Waals surface area (Å²) in [6, 6.07) is 11.2. The number of rotatable bonds is 13. The van der Waals surface area contributed by atoms with Crippen molar-refractivity contribution in [3.05, 3.63) is 65.2 Å². The Kier molecular flexibility index (Phi) is 10.8. The number of amides is 6. The van der Waals surface area contributed by atoms with Crippen molar-refractivity contribution in [3.8, 4) is 0 Å². The molecule has 2 aromatic rings. The molecule has 13 nitrogen and oxygen atoms in total. The van der Waals surface area contributed by atoms with Crippen LogP contribution in [-0.2, 0) is 30.3 Å². The molecule has 2 aliphatic rings. The van der Waals surface area contributed by atoms with Gasteiger partial charge in [0.05, 0.1) is 16.8 Å². The molecule has 15 heteroatoms. The van der Waals surface area contributed by atoms with E-state index in [1.54, 1.807) is 24.3 Å². The van der Waals surface area contributed by atoms with E-state index in [4.69, 9.17) is 4.74 Å². The fraction of sp³-hybridized carbons (Fsp3) is 0.321. The molecule has 6 amide bonds. The molecule has 1 saturated heterocycles. The summed E-state index contributed by atoms with van der Waals surface area (Å²) >= 11 is 0. The number of anilines is 1. The smallest absolute Gasteiger partial charge is 0.411 e. The van der Waals surface area contributed by atoms with Crippen molar-refractivity contribution in [3.63, 3.8) is 0 Å². The number of benzene rings is 2. The van der Waals surface area contributed by atoms with Gasteiger partial charge in [-0.1, -0.05) is 58.0 Å². The first-order valence-corrected chi connectivity index (χ1v) is 15.7. The molecule has 226 valence electrons. The van der Waals surface area contributed by atoms with Crippen LogP contribution >= 0.6 is 21.6 Å². The maximum absolute atomic E-state index is 13.1. The van der Waals surface area contributed by atoms with Crippen LogP contribution in [0.25, 0.3) is 0 Å². The van der Waals surface area contributed by atoms with Gasteiger partial charge in [0, 0.05) is 30.8 Å². The van der Waals surface area contributed by atoms with E-state index < -0.39 is 47.8 Å². The lowest BCUT2D eigenvalue weighted by Crippen LogP contribution is -2.54. The van der Waals surface area contributed by atoms with Crippen molar-refractivity contribution >= 4 is 68.9 Å². The fourth-order valence-corrected chi connectivity index (χ4v) is 6.32. The SMILES string of the molecule is O=C1CCC(N2C(=O)c3cccc(NC(=O)OCCSSCCC(=O)NC(Cc4ccccc4)C(=O)O)c3C2=O)C(=O)N1. The van der Waals surface area contributed by atoms with Crippen LogP contribution in [0.15, 0.2) is 48.5 Å². The number of piperidine rings is 1. The average Bonchev–Trinajstić information content (AvgIpc) is 3.22. The highest BCUT2D eigenvalue weighted by Crippen LogP contribution is 2.32. The van der Waals surface area contributed by atoms with Gasteiger partial charge in [-0.05, 0) is 24.1 Å². The second-order valence-corrected chi connectivity index (χ2v) is 12.2. The lowest BCUT2D eigenvalue weighted by Gasteiger charge is -2.27. The number of aliphatic carboxylic acids is 1. The first-order chi connectivity index (χ1) is 20.7. The van der Waals surface area contributed by atoms with Crippen molar-refractivity contribution in [2.75, 3.05) is 23.4 Å². The van der Waals surface area contributed by atoms with Crippen LogP contribution in [0, 0.1) is 0 Å². The molecule has 2 unspecified atom stereocenters. The largest absolute Gasteiger partial charge is 0.480 e. The number of carbonyl (C=O) groups excluding carboxylic acids is 6. The minimum absolute atomic E-state index is 0.00924. The Morgan fingerprint density at radius 1 is 1.00 bits per heavy atom. The molecule has 0 spiro atoms. The molecule has 4 rings (SSSR count). The zero-order valence-electron chi connectivity index (χ0n) is 22.7. The molecule has 0 saturated carbocycles. The second-order valence-electron chi connectivity index (χ2n) is 9.48. The summed E-state index contributed by atoms with van der Waals surface area (Å²) in [5.74, 6) is -3.35. The zero-order valence-corrected chi connectivity index (χ0v) is 24.3. The van der Waals surface area contributed by atoms with Gasteiger partial charge in [-0.2, -0.15) is 0 Å². The normalized spacial score (nSPS) is 16.7. The first-order valence-electron chi connectivity index (χ1n) is 13.2. The van der Waals surface area contributed by atoms with Crippen molar-refractivity contribution in [1.29, 1.82) is 0 Å². The summed E-state index contributed by atoms with van der Waals surface area (Å²) in [6.45, 7) is 0.0121. The van der Waals surface area contributed by atoms with E-state index in [-0.39, 0.29) is 55.0 Å². The molecule has 2 heterocycles. The van der Waals surface area contributed by atoms with Crippen LogP contribution in [0.4, 0.5) is 10.5 Å². The molecule has 0 aliphatic carbocycles. The summed E-state index contributed by atoms with van der Waals surface area (Å²) in [7, 11) is 2.72. The lowest BCUT2D eigenvalue weighted by molar-refractivity contribution is -0.141. The standard InChI is InChI=1S/C28H28N4O9S2/c33-21-10-9-20(24(35)31-21)32-25(36)17-7-4-8-18(23(17)26(32)37)30-28(40)41-12-14-43-42-13-11-22(34)29-19(27(38)39)15-16-5-2-1-3-6-16/h1-8,19-20H,9-15H2,(H,29,34)(H,30,40)(H,38,39)(H,31,33,35). The molecule has 2 atom stereocenters. The molecule has 0 radical (unpaired) electrons. The van der Waals surface area contributed by atoms with Crippen molar-refractivity contribution in [1.82, 2.24) is 15.5 Å². The second kappa shape index (κ2) is 14.7. The molecular weight excluding hydrogens is 600 g/mol. The number of nitrogens with one attached hydrogen (secondary N) is 3. The third kappa shape index (κ3) is 8.14. The first kappa shape index (κ1) is 31.6. The minimum Gasteiger partial charge on any atom is -0.480 e. The monoisotopic (exact) mass is 628 g/mol. The number of nitrogens with zero attached hydrogens (tertiary/aromatic N) is 1. The number of carboxylic acid groups (broad SMARTS) is 1. The summed E-state index contributed by atoms with van der Waals surface area (Å²) in [6.07, 6.45) is -0.559. The number of hydrogen-bond donors (Lipinski definition) is 4. The Balaban J connectivity index is 1.17. The molecule has 1 fully saturated rings. The summed E-state index contributed by atoms with van der Waals surface area (Å²) in [5, 5.41) is 16.5. The van der Waals surface area contributed by atoms with Crippen LogP contribution in [0.2, 0.25) is 0 Å². The van der Waals surface area contributed by atoms with E-state index in [0.29, 0.717) is 11.5 Å². The number of hydrogen-bond acceptors (Lipinski definition) is 10. The number of carbonyl (C=O) groups is 7. The number of fused-ring (bicyclic) bond motifs is 1. The van der Waals surface area contributed by atoms with Crippen LogP contribution in [0.1, 0.15) is 45.5 Å². The summed E-state index contributed by atoms with van der Waals surface area (Å²) in [5.41, 5.74) is 0.815. The molecular formula is C28H28N4O9S2. The van der Waals surface area contributed by atoms with Crippen molar-refractivity contribution in [2.45, 2.75) is 37.8 Å². The highest BCUT2D eigenvalue weighted by molar-refractivity contribution is 8.76. The van der Waals surface area contributed by atoms with Crippen LogP contribution in [-0.4, -0.2) is 81.8 Å². The zero-order chi connectivity index (χ0) is 30.9. The predicted molar refractivity (Wildman–Crippen MR) is 157 cm³/mol. The molecule has 43 heavy (non-hydrogen) atoms. The highest BCUT2D eigenvalue weighted by Gasteiger charge is 2.45. The summed E-state index contributed by atoms with van der Waals surface area (Å²) in [4.78, 5) is 86.6. The third-order valence-electron chi connectivity index (χ3n) is 6.52. The third-order valence-corrected chi connectivity index (χ3v) is 8.89. The number of imide groups is 2. The van der Waals surface area contributed by atoms with E-state index in [9.17, 15) is 38.7 Å². The lowest BCUT2D eigenvalue weighted by atomic mass is 10.0. The van der Waals surface area contributed by atoms with E-state index in [0.717, 1.165) is 10.5 Å². The molecule has 4 N–H and O–H groups in total. The van der Waals surface area contributed by atoms with Crippen molar-refractivity contribution < 1.29 is 43.4 Å². The van der Waals surface area contributed by atoms with E-state index >= 15 is 0 Å². The Labute approximate surface area is 253 Å². The van der Waals surface area contributed by atoms with Gasteiger partial charge in [-0.3, -0.25) is 39.5 Å². The molecule has 2 aromatic carbocycles. The Bertz CT molecular complexity index is 1440. The van der Waals surface area contributed by atoms with Gasteiger partial charge < -0.3 is 15.2 Å². The van der Waals surface area contributed by atoms with Gasteiger partial charge in [0.25, 0.3) is 11.8 Å². The molecule has 0 aromatic heterocycles. The minimum atomic E-state index is -1.13. The van der Waals surface area contributed by atoms with Gasteiger partial charge in [0.1, 0.15) is 18.7 Å². The van der Waals surface area contributed by atoms with Crippen LogP contribution < -0.4 is 16.0 Å². The quantitative estimate of drug-likeness (QED) is 0.145. The Hall–Kier alpha value is -4.37. The van der Waals surface area contributed by atoms with E-state index in [2.05, 4.69) is 16.0 Å². The topological polar surface area (TPSA) is 188 Å². The van der Waals surface area contributed by atoms with Gasteiger partial charge in [-0.15, -0.1) is 0 Å².